The highest BCUT2D eigenvalue weighted by Gasteiger charge is 2.33. The molecular weight excluding hydrogens is 400 g/mol. The van der Waals surface area contributed by atoms with Gasteiger partial charge in [0, 0.05) is 47.3 Å². The number of fused-ring (bicyclic) bond motifs is 3. The van der Waals surface area contributed by atoms with E-state index >= 15 is 0 Å². The summed E-state index contributed by atoms with van der Waals surface area (Å²) in [7, 11) is 1.97. The molecule has 1 amide bonds. The molecule has 1 aliphatic heterocycles. The van der Waals surface area contributed by atoms with Crippen molar-refractivity contribution in [1.29, 1.82) is 0 Å². The van der Waals surface area contributed by atoms with E-state index in [4.69, 9.17) is 9.52 Å². The van der Waals surface area contributed by atoms with E-state index in [1.807, 2.05) is 59.1 Å². The first-order valence-electron chi connectivity index (χ1n) is 10.8. The first-order chi connectivity index (χ1) is 15.6. The zero-order valence-electron chi connectivity index (χ0n) is 17.9. The fourth-order valence-electron chi connectivity index (χ4n) is 4.87. The molecule has 0 N–H and O–H groups in total. The molecular formula is C26H22N4O2. The summed E-state index contributed by atoms with van der Waals surface area (Å²) in [5.41, 5.74) is 6.86. The van der Waals surface area contributed by atoms with Crippen molar-refractivity contribution in [2.24, 2.45) is 7.05 Å². The third-order valence-corrected chi connectivity index (χ3v) is 6.48. The molecule has 0 radical (unpaired) electrons. The maximum absolute atomic E-state index is 13.4. The lowest BCUT2D eigenvalue weighted by Crippen LogP contribution is -2.38. The van der Waals surface area contributed by atoms with Crippen molar-refractivity contribution in [2.45, 2.75) is 19.4 Å². The Kier molecular flexibility index (Phi) is 4.15. The molecule has 3 aromatic heterocycles. The Labute approximate surface area is 185 Å². The number of benzene rings is 2. The summed E-state index contributed by atoms with van der Waals surface area (Å²) >= 11 is 0. The predicted molar refractivity (Wildman–Crippen MR) is 123 cm³/mol. The zero-order chi connectivity index (χ0) is 21.8. The van der Waals surface area contributed by atoms with Crippen LogP contribution in [-0.2, 0) is 13.5 Å². The van der Waals surface area contributed by atoms with Crippen LogP contribution >= 0.6 is 0 Å². The number of aromatic nitrogens is 3. The van der Waals surface area contributed by atoms with Crippen LogP contribution in [0.4, 0.5) is 0 Å². The second kappa shape index (κ2) is 7.05. The van der Waals surface area contributed by atoms with Crippen molar-refractivity contribution < 1.29 is 9.21 Å². The summed E-state index contributed by atoms with van der Waals surface area (Å²) in [5.74, 6) is 0.0286. The van der Waals surface area contributed by atoms with Gasteiger partial charge in [-0.1, -0.05) is 6.07 Å². The van der Waals surface area contributed by atoms with Gasteiger partial charge in [-0.2, -0.15) is 5.10 Å². The van der Waals surface area contributed by atoms with Gasteiger partial charge in [0.15, 0.2) is 0 Å². The van der Waals surface area contributed by atoms with E-state index in [9.17, 15) is 4.79 Å². The molecule has 1 aliphatic rings. The van der Waals surface area contributed by atoms with Crippen molar-refractivity contribution >= 4 is 27.8 Å². The van der Waals surface area contributed by atoms with E-state index in [0.29, 0.717) is 12.1 Å². The molecule has 5 aromatic rings. The molecule has 0 aliphatic carbocycles. The van der Waals surface area contributed by atoms with Gasteiger partial charge in [-0.25, -0.2) is 0 Å². The van der Waals surface area contributed by atoms with Gasteiger partial charge in [0.1, 0.15) is 5.58 Å². The molecule has 6 rings (SSSR count). The number of furan rings is 1. The van der Waals surface area contributed by atoms with Crippen molar-refractivity contribution in [3.05, 3.63) is 83.9 Å². The van der Waals surface area contributed by atoms with Crippen LogP contribution in [0.25, 0.3) is 33.1 Å². The van der Waals surface area contributed by atoms with Gasteiger partial charge in [0.2, 0.25) is 0 Å². The topological polar surface area (TPSA) is 64.2 Å². The largest absolute Gasteiger partial charge is 0.464 e. The molecule has 0 fully saturated rings. The standard InChI is InChI=1S/C26H22N4O2/c1-16-24-21(25(29(2)28-24)19-6-8-23-18(15-19)10-13-32-23)9-12-30(16)26(31)20-5-7-22-17(14-20)4-3-11-27-22/h3-8,10-11,13-16H,9,12H2,1-2H3/t16-/m0/s1. The van der Waals surface area contributed by atoms with Crippen LogP contribution in [0.2, 0.25) is 0 Å². The Bertz CT molecular complexity index is 1500. The normalized spacial score (nSPS) is 15.9. The van der Waals surface area contributed by atoms with Crippen LogP contribution in [0, 0.1) is 0 Å². The first-order valence-corrected chi connectivity index (χ1v) is 10.8. The number of rotatable bonds is 2. The van der Waals surface area contributed by atoms with E-state index in [1.165, 1.54) is 5.56 Å². The molecule has 0 unspecified atom stereocenters. The van der Waals surface area contributed by atoms with Crippen molar-refractivity contribution in [1.82, 2.24) is 19.7 Å². The summed E-state index contributed by atoms with van der Waals surface area (Å²) in [6.45, 7) is 2.72. The van der Waals surface area contributed by atoms with Gasteiger partial charge in [-0.15, -0.1) is 0 Å². The fraction of sp³-hybridized carbons (Fsp3) is 0.192. The van der Waals surface area contributed by atoms with E-state index in [0.717, 1.165) is 45.2 Å². The first kappa shape index (κ1) is 18.8. The lowest BCUT2D eigenvalue weighted by molar-refractivity contribution is 0.0674. The van der Waals surface area contributed by atoms with Crippen LogP contribution in [0.1, 0.15) is 34.6 Å². The Morgan fingerprint density at radius 1 is 1.09 bits per heavy atom. The minimum Gasteiger partial charge on any atom is -0.464 e. The van der Waals surface area contributed by atoms with Gasteiger partial charge >= 0.3 is 0 Å². The average molecular weight is 422 g/mol. The summed E-state index contributed by atoms with van der Waals surface area (Å²) in [6, 6.07) is 17.7. The van der Waals surface area contributed by atoms with Crippen LogP contribution in [0.3, 0.4) is 0 Å². The molecule has 1 atom stereocenters. The molecule has 32 heavy (non-hydrogen) atoms. The van der Waals surface area contributed by atoms with Gasteiger partial charge < -0.3 is 9.32 Å². The second-order valence-electron chi connectivity index (χ2n) is 8.34. The van der Waals surface area contributed by atoms with Crippen LogP contribution in [0.15, 0.2) is 71.5 Å². The van der Waals surface area contributed by atoms with Crippen molar-refractivity contribution in [2.75, 3.05) is 6.54 Å². The highest BCUT2D eigenvalue weighted by atomic mass is 16.3. The highest BCUT2D eigenvalue weighted by Crippen LogP contribution is 2.37. The Morgan fingerprint density at radius 3 is 2.91 bits per heavy atom. The number of aryl methyl sites for hydroxylation is 1. The van der Waals surface area contributed by atoms with Crippen LogP contribution in [-0.4, -0.2) is 32.1 Å². The summed E-state index contributed by atoms with van der Waals surface area (Å²) in [4.78, 5) is 19.7. The third kappa shape index (κ3) is 2.83. The number of hydrogen-bond donors (Lipinski definition) is 0. The number of carbonyl (C=O) groups excluding carboxylic acids is 1. The SMILES string of the molecule is C[C@H]1c2nn(C)c(-c3ccc4occc4c3)c2CCN1C(=O)c1ccc2ncccc2c1. The average Bonchev–Trinajstić information content (AvgIpc) is 3.42. The summed E-state index contributed by atoms with van der Waals surface area (Å²) in [5, 5.41) is 6.89. The van der Waals surface area contributed by atoms with E-state index in [1.54, 1.807) is 12.5 Å². The monoisotopic (exact) mass is 422 g/mol. The highest BCUT2D eigenvalue weighted by molar-refractivity contribution is 5.98. The number of nitrogens with zero attached hydrogens (tertiary/aromatic N) is 4. The van der Waals surface area contributed by atoms with E-state index in [-0.39, 0.29) is 11.9 Å². The second-order valence-corrected chi connectivity index (χ2v) is 8.34. The molecule has 0 saturated carbocycles. The minimum atomic E-state index is -0.103. The Hall–Kier alpha value is -3.93. The number of carbonyl (C=O) groups is 1. The number of amides is 1. The molecule has 4 heterocycles. The molecule has 6 nitrogen and oxygen atoms in total. The zero-order valence-corrected chi connectivity index (χ0v) is 17.9. The number of hydrogen-bond acceptors (Lipinski definition) is 4. The summed E-state index contributed by atoms with van der Waals surface area (Å²) < 4.78 is 7.43. The summed E-state index contributed by atoms with van der Waals surface area (Å²) in [6.07, 6.45) is 4.25. The third-order valence-electron chi connectivity index (χ3n) is 6.48. The maximum Gasteiger partial charge on any atom is 0.254 e. The van der Waals surface area contributed by atoms with E-state index < -0.39 is 0 Å². The minimum absolute atomic E-state index is 0.0286. The fourth-order valence-corrected chi connectivity index (χ4v) is 4.87. The molecule has 0 bridgehead atoms. The van der Waals surface area contributed by atoms with Gasteiger partial charge in [0.05, 0.1) is 29.2 Å². The van der Waals surface area contributed by atoms with Crippen molar-refractivity contribution in [3.8, 4) is 11.3 Å². The van der Waals surface area contributed by atoms with Gasteiger partial charge in [-0.3, -0.25) is 14.5 Å². The molecule has 158 valence electrons. The number of pyridine rings is 1. The van der Waals surface area contributed by atoms with E-state index in [2.05, 4.69) is 24.0 Å². The van der Waals surface area contributed by atoms with Crippen molar-refractivity contribution in [3.63, 3.8) is 0 Å². The van der Waals surface area contributed by atoms with Crippen LogP contribution < -0.4 is 0 Å². The quantitative estimate of drug-likeness (QED) is 0.395. The molecule has 6 heteroatoms. The molecule has 0 saturated heterocycles. The van der Waals surface area contributed by atoms with Crippen LogP contribution in [0.5, 0.6) is 0 Å². The maximum atomic E-state index is 13.4. The lowest BCUT2D eigenvalue weighted by Gasteiger charge is -2.33. The Morgan fingerprint density at radius 2 is 2.00 bits per heavy atom. The Balaban J connectivity index is 1.36. The van der Waals surface area contributed by atoms with Gasteiger partial charge in [-0.05, 0) is 61.9 Å². The molecule has 2 aromatic carbocycles. The predicted octanol–water partition coefficient (Wildman–Crippen LogP) is 5.14. The smallest absolute Gasteiger partial charge is 0.254 e. The lowest BCUT2D eigenvalue weighted by atomic mass is 9.94. The van der Waals surface area contributed by atoms with Gasteiger partial charge in [0.25, 0.3) is 5.91 Å². The molecule has 0 spiro atoms.